The topological polar surface area (TPSA) is 103 Å². The maximum absolute atomic E-state index is 9.53. The summed E-state index contributed by atoms with van der Waals surface area (Å²) < 4.78 is 5.85. The highest BCUT2D eigenvalue weighted by Gasteiger charge is 2.24. The van der Waals surface area contributed by atoms with Crippen molar-refractivity contribution >= 4 is 11.9 Å². The number of para-hydroxylation sites is 1. The Hall–Kier alpha value is -2.34. The van der Waals surface area contributed by atoms with Gasteiger partial charge in [0.05, 0.1) is 13.0 Å². The van der Waals surface area contributed by atoms with E-state index in [1.165, 1.54) is 11.1 Å². The van der Waals surface area contributed by atoms with Gasteiger partial charge in [0.2, 0.25) is 0 Å². The number of rotatable bonds is 4. The number of ether oxygens (including phenoxy) is 1. The fraction of sp³-hybridized carbons (Fsp3) is 0.333. The average molecular weight is 293 g/mol. The number of carboxylic acids is 2. The molecule has 2 rings (SSSR count). The Kier molecular flexibility index (Phi) is 6.42. The van der Waals surface area contributed by atoms with Gasteiger partial charge < -0.3 is 25.1 Å². The smallest absolute Gasteiger partial charge is 0.328 e. The number of aliphatic carboxylic acids is 2. The van der Waals surface area contributed by atoms with Gasteiger partial charge >= 0.3 is 5.97 Å². The quantitative estimate of drug-likeness (QED) is 0.684. The molecule has 0 bridgehead atoms. The highest BCUT2D eigenvalue weighted by atomic mass is 16.5. The van der Waals surface area contributed by atoms with Gasteiger partial charge in [-0.1, -0.05) is 18.2 Å². The molecule has 1 aromatic rings. The molecule has 1 atom stereocenters. The maximum atomic E-state index is 9.53. The average Bonchev–Trinajstić information content (AvgIpc) is 2.82. The molecule has 0 spiro atoms. The van der Waals surface area contributed by atoms with Crippen LogP contribution < -0.4 is 15.2 Å². The highest BCUT2D eigenvalue weighted by molar-refractivity contribution is 5.88. The molecule has 0 fully saturated rings. The van der Waals surface area contributed by atoms with E-state index < -0.39 is 11.9 Å². The summed E-state index contributed by atoms with van der Waals surface area (Å²) in [6.45, 7) is 3.16. The number of carboxylic acid groups (broad SMARTS) is 2. The van der Waals surface area contributed by atoms with Gasteiger partial charge in [-0.15, -0.1) is 0 Å². The molecule has 0 radical (unpaired) electrons. The van der Waals surface area contributed by atoms with Crippen LogP contribution in [0, 0.1) is 6.92 Å². The summed E-state index contributed by atoms with van der Waals surface area (Å²) in [4.78, 5) is 19.0. The summed E-state index contributed by atoms with van der Waals surface area (Å²) in [6, 6.07) is 6.38. The number of carbonyl (C=O) groups excluding carboxylic acids is 1. The van der Waals surface area contributed by atoms with Gasteiger partial charge in [0.25, 0.3) is 0 Å². The van der Waals surface area contributed by atoms with E-state index in [1.54, 1.807) is 0 Å². The first-order valence-electron chi connectivity index (χ1n) is 6.59. The summed E-state index contributed by atoms with van der Waals surface area (Å²) in [5, 5.41) is 19.4. The molecular formula is C15H19NO5. The molecule has 1 heterocycles. The molecule has 0 aliphatic carbocycles. The predicted octanol–water partition coefficient (Wildman–Crippen LogP) is -1.13. The van der Waals surface area contributed by atoms with Gasteiger partial charge in [0.1, 0.15) is 12.3 Å². The van der Waals surface area contributed by atoms with Crippen molar-refractivity contribution in [3.05, 3.63) is 41.5 Å². The minimum atomic E-state index is -1.51. The first-order chi connectivity index (χ1) is 9.93. The Balaban J connectivity index is 0.000000240. The van der Waals surface area contributed by atoms with Gasteiger partial charge in [-0.05, 0) is 24.1 Å². The number of fused-ring (bicyclic) bond motifs is 1. The van der Waals surface area contributed by atoms with Crippen molar-refractivity contribution in [2.24, 2.45) is 0 Å². The third kappa shape index (κ3) is 5.66. The van der Waals surface area contributed by atoms with Crippen LogP contribution in [0.25, 0.3) is 0 Å². The molecule has 0 saturated heterocycles. The summed E-state index contributed by atoms with van der Waals surface area (Å²) in [5.41, 5.74) is 2.63. The van der Waals surface area contributed by atoms with E-state index in [0.717, 1.165) is 18.7 Å². The van der Waals surface area contributed by atoms with Crippen LogP contribution in [0.5, 0.6) is 5.75 Å². The first kappa shape index (κ1) is 16.7. The van der Waals surface area contributed by atoms with Gasteiger partial charge in [-0.2, -0.15) is 0 Å². The van der Waals surface area contributed by atoms with Crippen LogP contribution in [0.15, 0.2) is 30.4 Å². The van der Waals surface area contributed by atoms with E-state index >= 15 is 0 Å². The maximum Gasteiger partial charge on any atom is 0.328 e. The normalized spacial score (nSPS) is 15.8. The summed E-state index contributed by atoms with van der Waals surface area (Å²) in [7, 11) is 2.08. The van der Waals surface area contributed by atoms with Crippen molar-refractivity contribution < 1.29 is 29.9 Å². The number of aryl methyl sites for hydroxylation is 1. The van der Waals surface area contributed by atoms with E-state index in [9.17, 15) is 14.7 Å². The van der Waals surface area contributed by atoms with Crippen LogP contribution in [0.1, 0.15) is 11.1 Å². The van der Waals surface area contributed by atoms with Gasteiger partial charge in [0.15, 0.2) is 6.10 Å². The monoisotopic (exact) mass is 293 g/mol. The Bertz CT molecular complexity index is 523. The fourth-order valence-electron chi connectivity index (χ4n) is 2.03. The van der Waals surface area contributed by atoms with Gasteiger partial charge in [0, 0.05) is 12.5 Å². The van der Waals surface area contributed by atoms with Crippen LogP contribution in [-0.2, 0) is 16.0 Å². The summed E-state index contributed by atoms with van der Waals surface area (Å²) in [5.74, 6) is -1.68. The van der Waals surface area contributed by atoms with E-state index in [2.05, 4.69) is 37.5 Å². The molecule has 1 aliphatic heterocycles. The molecule has 3 N–H and O–H groups in total. The number of hydrogen-bond acceptors (Lipinski definition) is 4. The van der Waals surface area contributed by atoms with Crippen LogP contribution in [0.3, 0.4) is 0 Å². The van der Waals surface area contributed by atoms with Crippen molar-refractivity contribution in [1.82, 2.24) is 0 Å². The van der Waals surface area contributed by atoms with Crippen molar-refractivity contribution in [1.29, 1.82) is 0 Å². The summed E-state index contributed by atoms with van der Waals surface area (Å²) >= 11 is 0. The number of carbonyl (C=O) groups is 2. The molecule has 6 nitrogen and oxygen atoms in total. The zero-order valence-corrected chi connectivity index (χ0v) is 12.0. The zero-order valence-electron chi connectivity index (χ0n) is 12.0. The number of benzene rings is 1. The molecule has 0 aromatic heterocycles. The lowest BCUT2D eigenvalue weighted by molar-refractivity contribution is -0.632. The zero-order chi connectivity index (χ0) is 15.8. The largest absolute Gasteiger partial charge is 0.545 e. The first-order valence-corrected chi connectivity index (χ1v) is 6.59. The lowest BCUT2D eigenvalue weighted by atomic mass is 10.1. The Morgan fingerprint density at radius 1 is 1.48 bits per heavy atom. The third-order valence-electron chi connectivity index (χ3n) is 2.89. The van der Waals surface area contributed by atoms with Crippen molar-refractivity contribution in [2.45, 2.75) is 19.4 Å². The van der Waals surface area contributed by atoms with Crippen LogP contribution in [-0.4, -0.2) is 36.7 Å². The molecule has 114 valence electrons. The minimum Gasteiger partial charge on any atom is -0.545 e. The Labute approximate surface area is 123 Å². The van der Waals surface area contributed by atoms with Crippen molar-refractivity contribution in [2.75, 3.05) is 13.6 Å². The number of nitrogens with two attached hydrogens (primary N) is 1. The van der Waals surface area contributed by atoms with Crippen molar-refractivity contribution in [3.63, 3.8) is 0 Å². The molecule has 6 heteroatoms. The Morgan fingerprint density at radius 2 is 2.19 bits per heavy atom. The van der Waals surface area contributed by atoms with Gasteiger partial charge in [-0.25, -0.2) is 4.79 Å². The van der Waals surface area contributed by atoms with E-state index in [4.69, 9.17) is 9.84 Å². The molecule has 1 aromatic carbocycles. The van der Waals surface area contributed by atoms with Crippen molar-refractivity contribution in [3.8, 4) is 5.75 Å². The molecule has 1 aliphatic rings. The fourth-order valence-corrected chi connectivity index (χ4v) is 2.03. The van der Waals surface area contributed by atoms with E-state index in [0.29, 0.717) is 18.3 Å². The molecule has 0 saturated carbocycles. The molecule has 21 heavy (non-hydrogen) atoms. The second-order valence-corrected chi connectivity index (χ2v) is 4.64. The second-order valence-electron chi connectivity index (χ2n) is 4.64. The molecule has 0 amide bonds. The number of hydrogen-bond donors (Lipinski definition) is 2. The molecular weight excluding hydrogens is 274 g/mol. The number of quaternary nitrogens is 1. The summed E-state index contributed by atoms with van der Waals surface area (Å²) in [6.07, 6.45) is 2.39. The van der Waals surface area contributed by atoms with Crippen LogP contribution >= 0.6 is 0 Å². The van der Waals surface area contributed by atoms with E-state index in [1.807, 2.05) is 0 Å². The lowest BCUT2D eigenvalue weighted by Gasteiger charge is -2.07. The van der Waals surface area contributed by atoms with Crippen LogP contribution in [0.4, 0.5) is 0 Å². The van der Waals surface area contributed by atoms with Crippen LogP contribution in [0.2, 0.25) is 0 Å². The lowest BCUT2D eigenvalue weighted by Crippen LogP contribution is -2.82. The SMILES string of the molecule is C[NH2+]CC1Cc2cccc(C)c2O1.O=C([O-])/C=C\C(=O)O. The second kappa shape index (κ2) is 8.06. The number of likely N-dealkylation sites (N-methyl/N-ethyl adjacent to an activating group) is 1. The minimum absolute atomic E-state index is 0.376. The van der Waals surface area contributed by atoms with E-state index in [-0.39, 0.29) is 0 Å². The standard InChI is InChI=1S/C11H15NO.C4H4O4/c1-8-4-3-5-9-6-10(7-12-2)13-11(8)9;5-3(6)1-2-4(7)8/h3-5,10,12H,6-7H2,1-2H3;1-2H,(H,5,6)(H,7,8)/b;2-1-. The predicted molar refractivity (Wildman–Crippen MR) is 73.8 cm³/mol. The third-order valence-corrected chi connectivity index (χ3v) is 2.89. The molecule has 1 unspecified atom stereocenters. The highest BCUT2D eigenvalue weighted by Crippen LogP contribution is 2.31. The van der Waals surface area contributed by atoms with Gasteiger partial charge in [-0.3, -0.25) is 0 Å². The Morgan fingerprint density at radius 3 is 2.67 bits per heavy atom.